The van der Waals surface area contributed by atoms with Crippen LogP contribution < -0.4 is 10.1 Å². The van der Waals surface area contributed by atoms with E-state index in [0.717, 1.165) is 12.1 Å². The van der Waals surface area contributed by atoms with Gasteiger partial charge < -0.3 is 52.7 Å². The van der Waals surface area contributed by atoms with Gasteiger partial charge in [-0.15, -0.1) is 0 Å². The van der Waals surface area contributed by atoms with Gasteiger partial charge in [-0.1, -0.05) is 18.2 Å². The Morgan fingerprint density at radius 2 is 0.917 bits per heavy atom. The van der Waals surface area contributed by atoms with Crippen LogP contribution in [0, 0.1) is 29.1 Å². The van der Waals surface area contributed by atoms with Crippen LogP contribution in [0.5, 0.6) is 5.75 Å². The molecule has 3 aromatic rings. The Morgan fingerprint density at radius 1 is 0.500 bits per heavy atom. The lowest BCUT2D eigenvalue weighted by Crippen LogP contribution is -2.16. The summed E-state index contributed by atoms with van der Waals surface area (Å²) in [5, 5.41) is 2.84. The molecule has 60 heavy (non-hydrogen) atoms. The van der Waals surface area contributed by atoms with E-state index in [2.05, 4.69) is 10.1 Å². The second kappa shape index (κ2) is 28.1. The Hall–Kier alpha value is -4.48. The zero-order valence-electron chi connectivity index (χ0n) is 32.3. The Kier molecular flexibility index (Phi) is 23.4. The number of benzene rings is 3. The fourth-order valence-corrected chi connectivity index (χ4v) is 4.61. The molecule has 0 heterocycles. The summed E-state index contributed by atoms with van der Waals surface area (Å²) in [7, 11) is 0. The molecule has 3 rings (SSSR count). The van der Waals surface area contributed by atoms with E-state index >= 15 is 0 Å². The van der Waals surface area contributed by atoms with Crippen LogP contribution in [-0.4, -0.2) is 124 Å². The third kappa shape index (κ3) is 18.8. The molecule has 334 valence electrons. The number of hydrogen-bond donors (Lipinski definition) is 1. The van der Waals surface area contributed by atoms with E-state index in [4.69, 9.17) is 42.6 Å². The summed E-state index contributed by atoms with van der Waals surface area (Å²) in [5.41, 5.74) is -0.196. The third-order valence-electron chi connectivity index (χ3n) is 7.52. The summed E-state index contributed by atoms with van der Waals surface area (Å²) in [6.45, 7) is 3.82. The van der Waals surface area contributed by atoms with Gasteiger partial charge in [0.1, 0.15) is 6.61 Å². The number of hydrogen-bond acceptors (Lipinski definition) is 13. The monoisotopic (exact) mass is 871 g/mol. The molecule has 0 aliphatic carbocycles. The van der Waals surface area contributed by atoms with E-state index < -0.39 is 64.9 Å². The van der Waals surface area contributed by atoms with Gasteiger partial charge >= 0.3 is 18.1 Å². The van der Waals surface area contributed by atoms with Crippen LogP contribution in [0.2, 0.25) is 0 Å². The number of anilines is 2. The number of ether oxygens (including phenoxy) is 10. The SMILES string of the molecule is O=C(CCOCCOCCOCCOCCOCCOCCOCCOCCOC(=O)c1ccccc1Nc1cccc(C(F)(F)F)c1)Oc1c(F)c(F)c(F)c(F)c1F. The number of nitrogens with one attached hydrogen (secondary N) is 1. The fourth-order valence-electron chi connectivity index (χ4n) is 4.61. The molecule has 0 unspecified atom stereocenters. The smallest absolute Gasteiger partial charge is 0.416 e. The van der Waals surface area contributed by atoms with Gasteiger partial charge in [0, 0.05) is 5.69 Å². The number of halogens is 8. The maximum absolute atomic E-state index is 13.6. The van der Waals surface area contributed by atoms with Crippen LogP contribution in [0.15, 0.2) is 48.5 Å². The molecule has 0 bridgehead atoms. The highest BCUT2D eigenvalue weighted by molar-refractivity contribution is 5.96. The van der Waals surface area contributed by atoms with Gasteiger partial charge in [0.2, 0.25) is 34.8 Å². The first kappa shape index (κ1) is 49.9. The van der Waals surface area contributed by atoms with Crippen LogP contribution in [0.25, 0.3) is 0 Å². The lowest BCUT2D eigenvalue weighted by atomic mass is 10.1. The van der Waals surface area contributed by atoms with E-state index in [1.165, 1.54) is 18.2 Å². The van der Waals surface area contributed by atoms with Crippen molar-refractivity contribution in [2.75, 3.05) is 118 Å². The number of alkyl halides is 3. The standard InChI is InChI=1S/C39H45F8NO12/c40-32-33(41)35(43)37(36(44)34(32)42)60-31(49)8-9-51-10-11-52-12-13-53-14-15-54-16-17-55-18-19-56-20-21-57-22-23-58-24-25-59-38(50)29-6-1-2-7-30(29)48-28-5-3-4-27(26-28)39(45,46)47/h1-7,26,48H,8-25H2. The van der Waals surface area contributed by atoms with Crippen molar-refractivity contribution in [3.63, 3.8) is 0 Å². The highest BCUT2D eigenvalue weighted by atomic mass is 19.4. The molecule has 0 aliphatic heterocycles. The highest BCUT2D eigenvalue weighted by Gasteiger charge is 2.31. The molecule has 0 atom stereocenters. The topological polar surface area (TPSA) is 138 Å². The molecule has 0 radical (unpaired) electrons. The normalized spacial score (nSPS) is 11.5. The molecule has 0 saturated carbocycles. The van der Waals surface area contributed by atoms with E-state index in [-0.39, 0.29) is 64.1 Å². The second-order valence-electron chi connectivity index (χ2n) is 11.9. The van der Waals surface area contributed by atoms with Crippen molar-refractivity contribution >= 4 is 23.3 Å². The van der Waals surface area contributed by atoms with Crippen LogP contribution >= 0.6 is 0 Å². The number of carbonyl (C=O) groups excluding carboxylic acids is 2. The van der Waals surface area contributed by atoms with Crippen molar-refractivity contribution in [3.8, 4) is 5.75 Å². The van der Waals surface area contributed by atoms with Gasteiger partial charge in [0.15, 0.2) is 0 Å². The summed E-state index contributed by atoms with van der Waals surface area (Å²) in [6.07, 6.45) is -5.01. The minimum absolute atomic E-state index is 0.0385. The van der Waals surface area contributed by atoms with Crippen LogP contribution in [0.3, 0.4) is 0 Å². The number of esters is 2. The van der Waals surface area contributed by atoms with Gasteiger partial charge in [0.05, 0.1) is 129 Å². The summed E-state index contributed by atoms with van der Waals surface area (Å²) in [6, 6.07) is 10.9. The minimum Gasteiger partial charge on any atom is -0.460 e. The first-order chi connectivity index (χ1) is 28.9. The third-order valence-corrected chi connectivity index (χ3v) is 7.52. The molecular formula is C39H45F8NO12. The largest absolute Gasteiger partial charge is 0.460 e. The van der Waals surface area contributed by atoms with Crippen LogP contribution in [0.4, 0.5) is 46.5 Å². The molecule has 0 aromatic heterocycles. The Morgan fingerprint density at radius 3 is 1.38 bits per heavy atom. The molecular weight excluding hydrogens is 826 g/mol. The number of rotatable bonds is 31. The highest BCUT2D eigenvalue weighted by Crippen LogP contribution is 2.32. The van der Waals surface area contributed by atoms with Crippen molar-refractivity contribution in [3.05, 3.63) is 88.7 Å². The predicted molar refractivity (Wildman–Crippen MR) is 194 cm³/mol. The first-order valence-electron chi connectivity index (χ1n) is 18.4. The quantitative estimate of drug-likeness (QED) is 0.0190. The lowest BCUT2D eigenvalue weighted by Gasteiger charge is -2.13. The van der Waals surface area contributed by atoms with E-state index in [0.29, 0.717) is 65.1 Å². The maximum atomic E-state index is 13.6. The van der Waals surface area contributed by atoms with Crippen molar-refractivity contribution < 1.29 is 92.1 Å². The molecule has 0 saturated heterocycles. The van der Waals surface area contributed by atoms with Crippen LogP contribution in [0.1, 0.15) is 22.3 Å². The fraction of sp³-hybridized carbons (Fsp3) is 0.487. The van der Waals surface area contributed by atoms with E-state index in [1.807, 2.05) is 0 Å². The van der Waals surface area contributed by atoms with Crippen molar-refractivity contribution in [2.24, 2.45) is 0 Å². The minimum atomic E-state index is -4.50. The molecule has 0 fully saturated rings. The molecule has 0 aliphatic rings. The summed E-state index contributed by atoms with van der Waals surface area (Å²) in [4.78, 5) is 24.3. The van der Waals surface area contributed by atoms with Gasteiger partial charge in [-0.05, 0) is 30.3 Å². The van der Waals surface area contributed by atoms with Crippen molar-refractivity contribution in [1.82, 2.24) is 0 Å². The maximum Gasteiger partial charge on any atom is 0.416 e. The van der Waals surface area contributed by atoms with Crippen LogP contribution in [-0.2, 0) is 53.6 Å². The molecule has 21 heteroatoms. The van der Waals surface area contributed by atoms with Gasteiger partial charge in [-0.25, -0.2) is 18.0 Å². The van der Waals surface area contributed by atoms with E-state index in [9.17, 15) is 44.7 Å². The molecule has 3 aromatic carbocycles. The summed E-state index contributed by atoms with van der Waals surface area (Å²) < 4.78 is 158. The second-order valence-corrected chi connectivity index (χ2v) is 11.9. The lowest BCUT2D eigenvalue weighted by molar-refractivity contribution is -0.138. The molecule has 13 nitrogen and oxygen atoms in total. The zero-order valence-corrected chi connectivity index (χ0v) is 32.3. The number of para-hydroxylation sites is 1. The van der Waals surface area contributed by atoms with Gasteiger partial charge in [0.25, 0.3) is 0 Å². The van der Waals surface area contributed by atoms with E-state index in [1.54, 1.807) is 18.2 Å². The Labute approximate surface area is 340 Å². The van der Waals surface area contributed by atoms with Gasteiger partial charge in [-0.3, -0.25) is 4.79 Å². The Balaban J connectivity index is 1.03. The Bertz CT molecular complexity index is 1710. The first-order valence-corrected chi connectivity index (χ1v) is 18.4. The zero-order chi connectivity index (χ0) is 43.6. The van der Waals surface area contributed by atoms with Crippen molar-refractivity contribution in [2.45, 2.75) is 12.6 Å². The van der Waals surface area contributed by atoms with Crippen molar-refractivity contribution in [1.29, 1.82) is 0 Å². The number of carbonyl (C=O) groups is 2. The molecule has 1 N–H and O–H groups in total. The van der Waals surface area contributed by atoms with Gasteiger partial charge in [-0.2, -0.15) is 22.0 Å². The molecule has 0 amide bonds. The predicted octanol–water partition coefficient (Wildman–Crippen LogP) is 6.43. The summed E-state index contributed by atoms with van der Waals surface area (Å²) >= 11 is 0. The average molecular weight is 872 g/mol. The average Bonchev–Trinajstić information content (AvgIpc) is 3.23. The molecule has 0 spiro atoms. The summed E-state index contributed by atoms with van der Waals surface area (Å²) in [5.74, 6) is -14.9.